The van der Waals surface area contributed by atoms with Gasteiger partial charge in [-0.15, -0.1) is 0 Å². The van der Waals surface area contributed by atoms with Gasteiger partial charge >= 0.3 is 12.4 Å². The Kier molecular flexibility index (Phi) is 6.52. The number of fused-ring (bicyclic) bond motifs is 5. The van der Waals surface area contributed by atoms with Crippen molar-refractivity contribution in [1.29, 1.82) is 0 Å². The molecule has 7 atom stereocenters. The van der Waals surface area contributed by atoms with Gasteiger partial charge in [0.05, 0.1) is 6.10 Å². The first-order valence-electron chi connectivity index (χ1n) is 13.5. The van der Waals surface area contributed by atoms with Crippen molar-refractivity contribution in [3.63, 3.8) is 0 Å². The SMILES string of the molecule is C[C@]12CC[C@H]3[C@@H](CC=C4C[C@@H](O)CC[C@@]43C)[C@@H]1CC[C@@H]2C(=O)NC(c1ccccc1)(C(F)(F)F)C(F)(F)F. The molecule has 0 heterocycles. The smallest absolute Gasteiger partial charge is 0.393 e. The summed E-state index contributed by atoms with van der Waals surface area (Å²) < 4.78 is 85.9. The number of carbonyl (C=O) groups is 1. The Bertz CT molecular complexity index is 1080. The molecule has 9 heteroatoms. The van der Waals surface area contributed by atoms with E-state index in [0.29, 0.717) is 25.2 Å². The number of alkyl halides is 6. The molecule has 0 unspecified atom stereocenters. The van der Waals surface area contributed by atoms with E-state index in [2.05, 4.69) is 13.0 Å². The molecule has 4 aliphatic carbocycles. The van der Waals surface area contributed by atoms with Gasteiger partial charge in [-0.1, -0.05) is 55.8 Å². The maximum absolute atomic E-state index is 14.3. The summed E-state index contributed by atoms with van der Waals surface area (Å²) in [5, 5.41) is 11.7. The summed E-state index contributed by atoms with van der Waals surface area (Å²) in [6.07, 6.45) is -4.47. The van der Waals surface area contributed by atoms with Crippen molar-refractivity contribution in [1.82, 2.24) is 5.32 Å². The van der Waals surface area contributed by atoms with Crippen molar-refractivity contribution in [3.05, 3.63) is 47.5 Å². The van der Waals surface area contributed by atoms with Gasteiger partial charge in [0.15, 0.2) is 0 Å². The lowest BCUT2D eigenvalue weighted by molar-refractivity contribution is -0.312. The fraction of sp³-hybridized carbons (Fsp3) is 0.690. The van der Waals surface area contributed by atoms with Crippen LogP contribution in [0, 0.1) is 34.5 Å². The van der Waals surface area contributed by atoms with Crippen LogP contribution in [0.25, 0.3) is 0 Å². The van der Waals surface area contributed by atoms with Gasteiger partial charge in [0.25, 0.3) is 5.54 Å². The second-order valence-corrected chi connectivity index (χ2v) is 12.4. The van der Waals surface area contributed by atoms with Gasteiger partial charge in [0.2, 0.25) is 5.91 Å². The minimum Gasteiger partial charge on any atom is -0.393 e. The summed E-state index contributed by atoms with van der Waals surface area (Å²) in [6, 6.07) is 5.08. The van der Waals surface area contributed by atoms with E-state index in [-0.39, 0.29) is 29.8 Å². The number of hydrogen-bond donors (Lipinski definition) is 2. The van der Waals surface area contributed by atoms with Crippen LogP contribution in [0.2, 0.25) is 0 Å². The molecule has 0 aliphatic heterocycles. The van der Waals surface area contributed by atoms with E-state index in [1.807, 2.05) is 6.92 Å². The number of hydrogen-bond acceptors (Lipinski definition) is 2. The number of halogens is 6. The monoisotopic (exact) mass is 543 g/mol. The number of benzene rings is 1. The quantitative estimate of drug-likeness (QED) is 0.317. The topological polar surface area (TPSA) is 49.3 Å². The predicted molar refractivity (Wildman–Crippen MR) is 130 cm³/mol. The predicted octanol–water partition coefficient (Wildman–Crippen LogP) is 7.06. The Morgan fingerprint density at radius 3 is 2.21 bits per heavy atom. The van der Waals surface area contributed by atoms with Crippen molar-refractivity contribution in [2.24, 2.45) is 34.5 Å². The van der Waals surface area contributed by atoms with Crippen LogP contribution in [0.15, 0.2) is 42.0 Å². The highest BCUT2D eigenvalue weighted by molar-refractivity contribution is 5.81. The average Bonchev–Trinajstić information content (AvgIpc) is 3.19. The second kappa shape index (κ2) is 9.00. The van der Waals surface area contributed by atoms with E-state index in [1.165, 1.54) is 17.0 Å². The molecule has 210 valence electrons. The zero-order chi connectivity index (χ0) is 27.7. The van der Waals surface area contributed by atoms with Gasteiger partial charge in [-0.05, 0) is 85.5 Å². The van der Waals surface area contributed by atoms with Crippen LogP contribution in [0.4, 0.5) is 26.3 Å². The Labute approximate surface area is 219 Å². The van der Waals surface area contributed by atoms with E-state index in [9.17, 15) is 36.2 Å². The summed E-state index contributed by atoms with van der Waals surface area (Å²) in [5.74, 6) is -1.51. The van der Waals surface area contributed by atoms with Crippen molar-refractivity contribution in [2.45, 2.75) is 89.2 Å². The third kappa shape index (κ3) is 3.93. The van der Waals surface area contributed by atoms with E-state index in [1.54, 1.807) is 0 Å². The molecular weight excluding hydrogens is 508 g/mol. The number of amides is 1. The maximum atomic E-state index is 14.3. The van der Waals surface area contributed by atoms with Crippen LogP contribution < -0.4 is 5.32 Å². The van der Waals surface area contributed by atoms with Crippen LogP contribution in [0.3, 0.4) is 0 Å². The van der Waals surface area contributed by atoms with Crippen molar-refractivity contribution in [3.8, 4) is 0 Å². The summed E-state index contributed by atoms with van der Waals surface area (Å²) in [7, 11) is 0. The molecule has 0 spiro atoms. The van der Waals surface area contributed by atoms with Crippen LogP contribution in [0.5, 0.6) is 0 Å². The lowest BCUT2D eigenvalue weighted by Crippen LogP contribution is -2.66. The third-order valence-electron chi connectivity index (χ3n) is 10.8. The molecule has 3 nitrogen and oxygen atoms in total. The fourth-order valence-corrected chi connectivity index (χ4v) is 8.73. The zero-order valence-corrected chi connectivity index (χ0v) is 21.6. The minimum atomic E-state index is -5.79. The first-order chi connectivity index (χ1) is 17.6. The molecule has 1 aromatic rings. The zero-order valence-electron chi connectivity index (χ0n) is 21.6. The highest BCUT2D eigenvalue weighted by Crippen LogP contribution is 2.66. The summed E-state index contributed by atoms with van der Waals surface area (Å²) in [6.45, 7) is 4.13. The summed E-state index contributed by atoms with van der Waals surface area (Å²) >= 11 is 0. The number of aliphatic hydroxyl groups is 1. The van der Waals surface area contributed by atoms with Crippen molar-refractivity contribution >= 4 is 5.91 Å². The largest absolute Gasteiger partial charge is 0.424 e. The van der Waals surface area contributed by atoms with Crippen LogP contribution in [-0.2, 0) is 10.3 Å². The Morgan fingerprint density at radius 2 is 1.58 bits per heavy atom. The van der Waals surface area contributed by atoms with E-state index in [4.69, 9.17) is 0 Å². The Hall–Kier alpha value is -2.03. The molecule has 4 aliphatic rings. The molecule has 5 rings (SSSR count). The molecule has 0 saturated heterocycles. The molecule has 0 aromatic heterocycles. The van der Waals surface area contributed by atoms with E-state index >= 15 is 0 Å². The van der Waals surface area contributed by atoms with Gasteiger partial charge in [-0.3, -0.25) is 4.79 Å². The van der Waals surface area contributed by atoms with Gasteiger partial charge in [-0.2, -0.15) is 26.3 Å². The lowest BCUT2D eigenvalue weighted by Gasteiger charge is -2.58. The highest BCUT2D eigenvalue weighted by Gasteiger charge is 2.73. The molecule has 3 fully saturated rings. The summed E-state index contributed by atoms with van der Waals surface area (Å²) in [5.41, 5.74) is -4.99. The van der Waals surface area contributed by atoms with Crippen LogP contribution in [0.1, 0.15) is 70.8 Å². The van der Waals surface area contributed by atoms with Gasteiger partial charge < -0.3 is 10.4 Å². The van der Waals surface area contributed by atoms with Crippen LogP contribution in [-0.4, -0.2) is 29.5 Å². The first-order valence-corrected chi connectivity index (χ1v) is 13.5. The third-order valence-corrected chi connectivity index (χ3v) is 10.8. The van der Waals surface area contributed by atoms with E-state index in [0.717, 1.165) is 49.9 Å². The van der Waals surface area contributed by atoms with Crippen LogP contribution >= 0.6 is 0 Å². The van der Waals surface area contributed by atoms with E-state index < -0.39 is 40.7 Å². The molecule has 3 saturated carbocycles. The van der Waals surface area contributed by atoms with Gasteiger partial charge in [-0.25, -0.2) is 0 Å². The highest BCUT2D eigenvalue weighted by atomic mass is 19.4. The summed E-state index contributed by atoms with van der Waals surface area (Å²) in [4.78, 5) is 13.5. The lowest BCUT2D eigenvalue weighted by atomic mass is 9.47. The minimum absolute atomic E-state index is 0.0429. The Balaban J connectivity index is 1.45. The first kappa shape index (κ1) is 27.5. The molecule has 2 N–H and O–H groups in total. The number of aliphatic hydroxyl groups excluding tert-OH is 1. The standard InChI is InChI=1S/C29H35F6NO2/c1-25-14-12-19(37)16-18(25)8-9-20-21-10-11-23(26(21,2)15-13-22(20)25)24(38)36-27(28(30,31)32,29(33,34)35)17-6-4-3-5-7-17/h3-8,19-23,37H,9-16H2,1-2H3,(H,36,38)/t19-,20-,21-,22-,23+,25-,26-/m0/s1. The molecule has 0 bridgehead atoms. The van der Waals surface area contributed by atoms with Crippen molar-refractivity contribution < 1.29 is 36.2 Å². The maximum Gasteiger partial charge on any atom is 0.424 e. The Morgan fingerprint density at radius 1 is 0.921 bits per heavy atom. The average molecular weight is 544 g/mol. The van der Waals surface area contributed by atoms with Gasteiger partial charge in [0.1, 0.15) is 0 Å². The molecular formula is C29H35F6NO2. The fourth-order valence-electron chi connectivity index (χ4n) is 8.73. The second-order valence-electron chi connectivity index (χ2n) is 12.4. The van der Waals surface area contributed by atoms with Gasteiger partial charge in [0, 0.05) is 5.92 Å². The number of nitrogens with one attached hydrogen (secondary N) is 1. The van der Waals surface area contributed by atoms with Crippen molar-refractivity contribution in [2.75, 3.05) is 0 Å². The number of allylic oxidation sites excluding steroid dienone is 1. The molecule has 0 radical (unpaired) electrons. The number of carbonyl (C=O) groups excluding carboxylic acids is 1. The molecule has 1 amide bonds. The number of rotatable bonds is 3. The molecule has 1 aromatic carbocycles. The molecule has 38 heavy (non-hydrogen) atoms. The normalized spacial score (nSPS) is 37.5.